The molecule has 1 unspecified atom stereocenters. The zero-order valence-electron chi connectivity index (χ0n) is 22.1. The van der Waals surface area contributed by atoms with Gasteiger partial charge in [0, 0.05) is 74.5 Å². The second-order valence-corrected chi connectivity index (χ2v) is 10.6. The number of nitrogens with zero attached hydrogens (tertiary/aromatic N) is 5. The Kier molecular flexibility index (Phi) is 7.04. The van der Waals surface area contributed by atoms with E-state index in [9.17, 15) is 9.90 Å². The predicted octanol–water partition coefficient (Wildman–Crippen LogP) is 4.94. The highest BCUT2D eigenvalue weighted by molar-refractivity contribution is 5.94. The Hall–Kier alpha value is -2.90. The second kappa shape index (κ2) is 10.2. The molecule has 0 aromatic carbocycles. The Morgan fingerprint density at radius 3 is 2.44 bits per heavy atom. The van der Waals surface area contributed by atoms with Crippen LogP contribution in [0.1, 0.15) is 61.3 Å². The molecule has 0 spiro atoms. The summed E-state index contributed by atoms with van der Waals surface area (Å²) in [6.07, 6.45) is 6.45. The van der Waals surface area contributed by atoms with Gasteiger partial charge in [-0.3, -0.25) is 4.90 Å². The Labute approximate surface area is 214 Å². The molecule has 0 aliphatic carbocycles. The van der Waals surface area contributed by atoms with E-state index >= 15 is 0 Å². The van der Waals surface area contributed by atoms with Crippen molar-refractivity contribution >= 4 is 17.3 Å². The summed E-state index contributed by atoms with van der Waals surface area (Å²) < 4.78 is 2.20. The smallest absolute Gasteiger partial charge is 0.336 e. The number of likely N-dealkylation sites (N-methyl/N-ethyl adjacent to an activating group) is 1. The summed E-state index contributed by atoms with van der Waals surface area (Å²) in [6.45, 7) is 15.9. The predicted molar refractivity (Wildman–Crippen MR) is 145 cm³/mol. The van der Waals surface area contributed by atoms with Crippen molar-refractivity contribution in [2.75, 3.05) is 50.7 Å². The molecule has 1 atom stereocenters. The van der Waals surface area contributed by atoms with Crippen molar-refractivity contribution < 1.29 is 9.90 Å². The van der Waals surface area contributed by atoms with E-state index in [1.54, 1.807) is 0 Å². The van der Waals surface area contributed by atoms with Gasteiger partial charge in [-0.1, -0.05) is 13.8 Å². The van der Waals surface area contributed by atoms with Crippen LogP contribution < -0.4 is 4.90 Å². The molecular weight excluding hydrogens is 450 g/mol. The topological polar surface area (TPSA) is 64.3 Å². The van der Waals surface area contributed by atoms with Crippen LogP contribution in [0.3, 0.4) is 0 Å². The molecule has 2 fully saturated rings. The van der Waals surface area contributed by atoms with E-state index in [1.165, 1.54) is 12.8 Å². The Bertz CT molecular complexity index is 1220. The maximum atomic E-state index is 12.3. The number of piperidine rings is 1. The molecule has 1 N–H and O–H groups in total. The van der Waals surface area contributed by atoms with E-state index < -0.39 is 5.97 Å². The number of anilines is 1. The summed E-state index contributed by atoms with van der Waals surface area (Å²) >= 11 is 0. The number of hydrogen-bond donors (Lipinski definition) is 1. The van der Waals surface area contributed by atoms with Gasteiger partial charge in [-0.25, -0.2) is 9.78 Å². The molecule has 0 radical (unpaired) electrons. The number of carboxylic acids is 1. The van der Waals surface area contributed by atoms with Crippen LogP contribution in [-0.2, 0) is 0 Å². The monoisotopic (exact) mass is 489 g/mol. The van der Waals surface area contributed by atoms with Gasteiger partial charge in [0.2, 0.25) is 0 Å². The maximum Gasteiger partial charge on any atom is 0.336 e. The number of pyridine rings is 2. The minimum absolute atomic E-state index is 0.119. The standard InChI is InChI=1S/C29H39N5O2/c1-5-31-14-16-32(17-15-31)22(4)28-21(3)25(29(35)36)18-26-24(10-13-34(26)28)23-6-7-27(30-19-23)33-11-8-20(2)9-12-33/h6-7,10,13,18-20,22H,5,8-9,11-12,14-17H2,1-4H3,(H,35,36). The summed E-state index contributed by atoms with van der Waals surface area (Å²) in [6, 6.07) is 8.29. The minimum Gasteiger partial charge on any atom is -0.478 e. The van der Waals surface area contributed by atoms with Crippen LogP contribution in [0, 0.1) is 12.8 Å². The van der Waals surface area contributed by atoms with Crippen molar-refractivity contribution in [3.8, 4) is 11.1 Å². The summed E-state index contributed by atoms with van der Waals surface area (Å²) in [5.74, 6) is 0.934. The lowest BCUT2D eigenvalue weighted by Gasteiger charge is -2.38. The van der Waals surface area contributed by atoms with Crippen LogP contribution in [0.15, 0.2) is 36.7 Å². The first kappa shape index (κ1) is 24.8. The fourth-order valence-electron chi connectivity index (χ4n) is 5.96. The van der Waals surface area contributed by atoms with E-state index in [2.05, 4.69) is 64.3 Å². The number of aromatic carboxylic acids is 1. The Morgan fingerprint density at radius 1 is 1.11 bits per heavy atom. The molecule has 7 heteroatoms. The average Bonchev–Trinajstić information content (AvgIpc) is 3.32. The fourth-order valence-corrected chi connectivity index (χ4v) is 5.96. The fraction of sp³-hybridized carbons (Fsp3) is 0.517. The number of piperazine rings is 1. The first-order valence-corrected chi connectivity index (χ1v) is 13.4. The van der Waals surface area contributed by atoms with E-state index in [0.717, 1.165) is 85.5 Å². The molecule has 0 bridgehead atoms. The summed E-state index contributed by atoms with van der Waals surface area (Å²) in [4.78, 5) is 24.4. The number of carbonyl (C=O) groups is 1. The van der Waals surface area contributed by atoms with Crippen molar-refractivity contribution in [2.24, 2.45) is 5.92 Å². The van der Waals surface area contributed by atoms with Crippen LogP contribution >= 0.6 is 0 Å². The van der Waals surface area contributed by atoms with Crippen LogP contribution in [0.25, 0.3) is 16.6 Å². The lowest BCUT2D eigenvalue weighted by atomic mass is 9.99. The molecule has 5 rings (SSSR count). The van der Waals surface area contributed by atoms with E-state index in [0.29, 0.717) is 5.56 Å². The van der Waals surface area contributed by atoms with E-state index in [4.69, 9.17) is 4.98 Å². The van der Waals surface area contributed by atoms with Crippen LogP contribution in [0.5, 0.6) is 0 Å². The van der Waals surface area contributed by atoms with Crippen molar-refractivity contribution in [3.63, 3.8) is 0 Å². The number of fused-ring (bicyclic) bond motifs is 1. The van der Waals surface area contributed by atoms with Gasteiger partial charge in [-0.2, -0.15) is 0 Å². The van der Waals surface area contributed by atoms with E-state index in [-0.39, 0.29) is 6.04 Å². The Morgan fingerprint density at radius 2 is 1.83 bits per heavy atom. The van der Waals surface area contributed by atoms with E-state index in [1.807, 2.05) is 19.2 Å². The van der Waals surface area contributed by atoms with Gasteiger partial charge in [-0.05, 0) is 69.0 Å². The normalized spacial score (nSPS) is 19.2. The highest BCUT2D eigenvalue weighted by Crippen LogP contribution is 2.34. The zero-order valence-corrected chi connectivity index (χ0v) is 22.1. The summed E-state index contributed by atoms with van der Waals surface area (Å²) in [5.41, 5.74) is 5.25. The van der Waals surface area contributed by atoms with Gasteiger partial charge < -0.3 is 19.3 Å². The first-order valence-electron chi connectivity index (χ1n) is 13.4. The number of aromatic nitrogens is 2. The van der Waals surface area contributed by atoms with Gasteiger partial charge in [-0.15, -0.1) is 0 Å². The number of rotatable bonds is 6. The van der Waals surface area contributed by atoms with Gasteiger partial charge in [0.1, 0.15) is 5.82 Å². The van der Waals surface area contributed by atoms with Gasteiger partial charge in [0.25, 0.3) is 0 Å². The third-order valence-corrected chi connectivity index (χ3v) is 8.45. The molecular formula is C29H39N5O2. The van der Waals surface area contributed by atoms with Crippen molar-refractivity contribution in [2.45, 2.75) is 46.6 Å². The van der Waals surface area contributed by atoms with Crippen molar-refractivity contribution in [1.82, 2.24) is 19.2 Å². The number of hydrogen-bond acceptors (Lipinski definition) is 5. The van der Waals surface area contributed by atoms with Crippen LogP contribution in [-0.4, -0.2) is 76.1 Å². The third-order valence-electron chi connectivity index (χ3n) is 8.45. The van der Waals surface area contributed by atoms with Crippen molar-refractivity contribution in [3.05, 3.63) is 53.5 Å². The quantitative estimate of drug-likeness (QED) is 0.529. The zero-order chi connectivity index (χ0) is 25.4. The first-order chi connectivity index (χ1) is 17.4. The molecule has 0 saturated carbocycles. The van der Waals surface area contributed by atoms with Gasteiger partial charge in [0.05, 0.1) is 11.1 Å². The lowest BCUT2D eigenvalue weighted by molar-refractivity contribution is 0.0695. The summed E-state index contributed by atoms with van der Waals surface area (Å²) in [5, 5.41) is 10.1. The minimum atomic E-state index is -0.876. The molecule has 3 aromatic rings. The molecule has 2 aliphatic rings. The molecule has 192 valence electrons. The summed E-state index contributed by atoms with van der Waals surface area (Å²) in [7, 11) is 0. The number of carboxylic acid groups (broad SMARTS) is 1. The Balaban J connectivity index is 1.50. The molecule has 7 nitrogen and oxygen atoms in total. The van der Waals surface area contributed by atoms with Crippen molar-refractivity contribution in [1.29, 1.82) is 0 Å². The molecule has 5 heterocycles. The molecule has 3 aromatic heterocycles. The molecule has 2 saturated heterocycles. The highest BCUT2D eigenvalue weighted by Gasteiger charge is 2.27. The molecule has 0 amide bonds. The lowest BCUT2D eigenvalue weighted by Crippen LogP contribution is -2.47. The third kappa shape index (κ3) is 4.62. The van der Waals surface area contributed by atoms with Gasteiger partial charge in [0.15, 0.2) is 0 Å². The molecule has 36 heavy (non-hydrogen) atoms. The largest absolute Gasteiger partial charge is 0.478 e. The maximum absolute atomic E-state index is 12.3. The SMILES string of the molecule is CCN1CCN(C(C)c2c(C)c(C(=O)O)cc3c(-c4ccc(N5CCC(C)CC5)nc4)ccn23)CC1. The van der Waals surface area contributed by atoms with Gasteiger partial charge >= 0.3 is 5.97 Å². The van der Waals surface area contributed by atoms with Crippen LogP contribution in [0.4, 0.5) is 5.82 Å². The molecule has 2 aliphatic heterocycles. The highest BCUT2D eigenvalue weighted by atomic mass is 16.4. The average molecular weight is 490 g/mol. The second-order valence-electron chi connectivity index (χ2n) is 10.6. The van der Waals surface area contributed by atoms with Crippen LogP contribution in [0.2, 0.25) is 0 Å².